The molecular formula is C24H17N5OS2. The SMILES string of the molecule is Cc1nc(SC/C(O)=C(\C#N)c2nc3ccccc3[nH]2)c2cc(-c3ccccc3)sc2n1. The van der Waals surface area contributed by atoms with Crippen molar-refractivity contribution in [3.8, 4) is 16.5 Å². The minimum absolute atomic E-state index is 0.0421. The van der Waals surface area contributed by atoms with Gasteiger partial charge in [-0.2, -0.15) is 5.26 Å². The molecule has 0 aliphatic heterocycles. The number of aliphatic hydroxyl groups is 1. The van der Waals surface area contributed by atoms with Crippen molar-refractivity contribution in [1.29, 1.82) is 5.26 Å². The van der Waals surface area contributed by atoms with Gasteiger partial charge in [-0.05, 0) is 30.7 Å². The van der Waals surface area contributed by atoms with E-state index in [4.69, 9.17) is 0 Å². The van der Waals surface area contributed by atoms with Crippen LogP contribution in [0.15, 0.2) is 71.4 Å². The van der Waals surface area contributed by atoms with Crippen LogP contribution in [0.2, 0.25) is 0 Å². The second-order valence-corrected chi connectivity index (χ2v) is 9.09. The molecule has 0 fully saturated rings. The monoisotopic (exact) mass is 455 g/mol. The number of nitrogens with zero attached hydrogens (tertiary/aromatic N) is 4. The zero-order valence-corrected chi connectivity index (χ0v) is 18.7. The first-order valence-corrected chi connectivity index (χ1v) is 11.7. The largest absolute Gasteiger partial charge is 0.510 e. The van der Waals surface area contributed by atoms with Gasteiger partial charge in [0.2, 0.25) is 0 Å². The van der Waals surface area contributed by atoms with E-state index in [1.165, 1.54) is 11.8 Å². The molecule has 5 rings (SSSR count). The summed E-state index contributed by atoms with van der Waals surface area (Å²) in [6.07, 6.45) is 0. The molecule has 0 saturated heterocycles. The molecule has 2 aromatic carbocycles. The number of aromatic amines is 1. The van der Waals surface area contributed by atoms with Crippen molar-refractivity contribution in [3.63, 3.8) is 0 Å². The molecule has 0 amide bonds. The molecule has 0 unspecified atom stereocenters. The zero-order chi connectivity index (χ0) is 22.1. The van der Waals surface area contributed by atoms with Crippen LogP contribution in [-0.2, 0) is 0 Å². The lowest BCUT2D eigenvalue weighted by Gasteiger charge is -2.05. The number of rotatable bonds is 5. The molecular weight excluding hydrogens is 438 g/mol. The number of hydrogen-bond acceptors (Lipinski definition) is 7. The molecule has 0 atom stereocenters. The lowest BCUT2D eigenvalue weighted by molar-refractivity contribution is 0.420. The number of thiophene rings is 1. The van der Waals surface area contributed by atoms with Crippen LogP contribution in [0.5, 0.6) is 0 Å². The summed E-state index contributed by atoms with van der Waals surface area (Å²) in [5.74, 6) is 1.18. The van der Waals surface area contributed by atoms with Gasteiger partial charge < -0.3 is 10.1 Å². The highest BCUT2D eigenvalue weighted by molar-refractivity contribution is 7.99. The summed E-state index contributed by atoms with van der Waals surface area (Å²) in [5, 5.41) is 22.1. The van der Waals surface area contributed by atoms with Crippen LogP contribution in [-0.4, -0.2) is 30.8 Å². The van der Waals surface area contributed by atoms with Gasteiger partial charge in [-0.15, -0.1) is 11.3 Å². The number of aryl methyl sites for hydroxylation is 1. The zero-order valence-electron chi connectivity index (χ0n) is 17.0. The first-order chi connectivity index (χ1) is 15.6. The van der Waals surface area contributed by atoms with Crippen molar-refractivity contribution in [2.45, 2.75) is 11.9 Å². The third-order valence-electron chi connectivity index (χ3n) is 4.90. The number of imidazole rings is 1. The standard InChI is InChI=1S/C24H17N5OS2/c1-14-26-23(16-11-21(32-24(16)27-14)15-7-3-2-4-8-15)31-13-20(30)17(12-25)22-28-18-9-5-6-10-19(18)29-22/h2-11,30H,13H2,1H3,(H,28,29)/b20-17-. The molecule has 8 heteroatoms. The first kappa shape index (κ1) is 20.2. The molecule has 0 radical (unpaired) electrons. The lowest BCUT2D eigenvalue weighted by Crippen LogP contribution is -1.97. The van der Waals surface area contributed by atoms with Gasteiger partial charge in [-0.3, -0.25) is 0 Å². The molecule has 0 saturated carbocycles. The fraction of sp³-hybridized carbons (Fsp3) is 0.0833. The van der Waals surface area contributed by atoms with Crippen LogP contribution in [0.25, 0.3) is 37.3 Å². The molecule has 0 bridgehead atoms. The third-order valence-corrected chi connectivity index (χ3v) is 6.98. The highest BCUT2D eigenvalue weighted by atomic mass is 32.2. The Balaban J connectivity index is 1.47. The van der Waals surface area contributed by atoms with E-state index in [1.54, 1.807) is 11.3 Å². The number of benzene rings is 2. The topological polar surface area (TPSA) is 98.5 Å². The van der Waals surface area contributed by atoms with Crippen LogP contribution >= 0.6 is 23.1 Å². The summed E-state index contributed by atoms with van der Waals surface area (Å²) < 4.78 is 0. The average Bonchev–Trinajstić information content (AvgIpc) is 3.42. The van der Waals surface area contributed by atoms with Crippen molar-refractivity contribution in [1.82, 2.24) is 19.9 Å². The minimum Gasteiger partial charge on any atom is -0.510 e. The normalized spacial score (nSPS) is 12.1. The quantitative estimate of drug-likeness (QED) is 0.143. The molecule has 0 aliphatic rings. The van der Waals surface area contributed by atoms with Gasteiger partial charge in [0.05, 0.1) is 16.8 Å². The number of hydrogen-bond donors (Lipinski definition) is 2. The van der Waals surface area contributed by atoms with Gasteiger partial charge in [-0.1, -0.05) is 54.2 Å². The number of fused-ring (bicyclic) bond motifs is 2. The maximum atomic E-state index is 10.7. The van der Waals surface area contributed by atoms with E-state index in [9.17, 15) is 10.4 Å². The Morgan fingerprint density at radius 3 is 2.66 bits per heavy atom. The van der Waals surface area contributed by atoms with Crippen molar-refractivity contribution in [2.24, 2.45) is 0 Å². The Morgan fingerprint density at radius 1 is 1.09 bits per heavy atom. The second kappa shape index (κ2) is 8.46. The fourth-order valence-corrected chi connectivity index (χ4v) is 5.46. The van der Waals surface area contributed by atoms with Crippen LogP contribution in [0.4, 0.5) is 0 Å². The van der Waals surface area contributed by atoms with E-state index in [0.29, 0.717) is 11.6 Å². The number of H-pyrrole nitrogens is 1. The lowest BCUT2D eigenvalue weighted by atomic mass is 10.2. The van der Waals surface area contributed by atoms with Crippen LogP contribution in [0, 0.1) is 18.3 Å². The number of aromatic nitrogens is 4. The van der Waals surface area contributed by atoms with Gasteiger partial charge in [0, 0.05) is 10.3 Å². The highest BCUT2D eigenvalue weighted by Crippen LogP contribution is 2.37. The van der Waals surface area contributed by atoms with Gasteiger partial charge in [0.25, 0.3) is 0 Å². The Kier molecular flexibility index (Phi) is 5.35. The number of allylic oxidation sites excluding steroid dienone is 1. The number of nitrogens with one attached hydrogen (secondary N) is 1. The van der Waals surface area contributed by atoms with E-state index < -0.39 is 0 Å². The van der Waals surface area contributed by atoms with Crippen LogP contribution in [0.1, 0.15) is 11.6 Å². The van der Waals surface area contributed by atoms with Crippen molar-refractivity contribution in [2.75, 3.05) is 5.75 Å². The molecule has 0 spiro atoms. The molecule has 3 heterocycles. The summed E-state index contributed by atoms with van der Waals surface area (Å²) >= 11 is 3.00. The summed E-state index contributed by atoms with van der Waals surface area (Å²) in [6, 6.07) is 21.8. The van der Waals surface area contributed by atoms with E-state index in [0.717, 1.165) is 36.7 Å². The summed E-state index contributed by atoms with van der Waals surface area (Å²) in [4.78, 5) is 18.7. The van der Waals surface area contributed by atoms with Crippen LogP contribution in [0.3, 0.4) is 0 Å². The second-order valence-electron chi connectivity index (χ2n) is 7.10. The summed E-state index contributed by atoms with van der Waals surface area (Å²) in [6.45, 7) is 1.86. The maximum absolute atomic E-state index is 10.7. The number of thioether (sulfide) groups is 1. The van der Waals surface area contributed by atoms with Gasteiger partial charge in [-0.25, -0.2) is 15.0 Å². The molecule has 0 aliphatic carbocycles. The maximum Gasteiger partial charge on any atom is 0.152 e. The third kappa shape index (κ3) is 3.84. The molecule has 2 N–H and O–H groups in total. The molecule has 3 aromatic heterocycles. The predicted molar refractivity (Wildman–Crippen MR) is 130 cm³/mol. The van der Waals surface area contributed by atoms with Crippen molar-refractivity contribution >= 4 is 49.9 Å². The minimum atomic E-state index is -0.0421. The molecule has 32 heavy (non-hydrogen) atoms. The fourth-order valence-electron chi connectivity index (χ4n) is 3.39. The Bertz CT molecular complexity index is 1480. The number of nitriles is 1. The number of para-hydroxylation sites is 2. The molecule has 6 nitrogen and oxygen atoms in total. The van der Waals surface area contributed by atoms with Crippen LogP contribution < -0.4 is 0 Å². The van der Waals surface area contributed by atoms with E-state index in [2.05, 4.69) is 44.2 Å². The van der Waals surface area contributed by atoms with E-state index in [-0.39, 0.29) is 17.1 Å². The van der Waals surface area contributed by atoms with E-state index in [1.807, 2.05) is 49.4 Å². The van der Waals surface area contributed by atoms with Gasteiger partial charge >= 0.3 is 0 Å². The highest BCUT2D eigenvalue weighted by Gasteiger charge is 2.16. The predicted octanol–water partition coefficient (Wildman–Crippen LogP) is 6.13. The van der Waals surface area contributed by atoms with Gasteiger partial charge in [0.1, 0.15) is 33.1 Å². The Labute approximate surface area is 192 Å². The van der Waals surface area contributed by atoms with E-state index >= 15 is 0 Å². The Morgan fingerprint density at radius 2 is 1.88 bits per heavy atom. The summed E-state index contributed by atoms with van der Waals surface area (Å²) in [5.41, 5.74) is 2.82. The van der Waals surface area contributed by atoms with Crippen molar-refractivity contribution in [3.05, 3.63) is 78.1 Å². The molecule has 5 aromatic rings. The first-order valence-electron chi connectivity index (χ1n) is 9.86. The average molecular weight is 456 g/mol. The smallest absolute Gasteiger partial charge is 0.152 e. The number of aliphatic hydroxyl groups excluding tert-OH is 1. The van der Waals surface area contributed by atoms with Crippen molar-refractivity contribution < 1.29 is 5.11 Å². The molecule has 156 valence electrons. The van der Waals surface area contributed by atoms with Gasteiger partial charge in [0.15, 0.2) is 5.82 Å². The Hall–Kier alpha value is -3.67. The summed E-state index contributed by atoms with van der Waals surface area (Å²) in [7, 11) is 0.